The molecule has 1 aliphatic heterocycles. The highest BCUT2D eigenvalue weighted by Gasteiger charge is 2.27. The van der Waals surface area contributed by atoms with Gasteiger partial charge in [-0.3, -0.25) is 9.59 Å². The van der Waals surface area contributed by atoms with Gasteiger partial charge in [0.2, 0.25) is 6.10 Å². The summed E-state index contributed by atoms with van der Waals surface area (Å²) < 4.78 is 11.1. The molecule has 1 aromatic heterocycles. The van der Waals surface area contributed by atoms with Gasteiger partial charge in [-0.25, -0.2) is 5.43 Å². The maximum atomic E-state index is 12.2. The first-order valence-corrected chi connectivity index (χ1v) is 9.17. The number of hydrogen-bond donors (Lipinski definition) is 3. The van der Waals surface area contributed by atoms with E-state index >= 15 is 0 Å². The number of hydrazone groups is 1. The van der Waals surface area contributed by atoms with Crippen LogP contribution >= 0.6 is 0 Å². The normalized spacial score (nSPS) is 15.4. The molecule has 4 rings (SSSR count). The van der Waals surface area contributed by atoms with E-state index in [0.29, 0.717) is 11.5 Å². The largest absolute Gasteiger partial charge is 0.485 e. The smallest absolute Gasteiger partial charge is 0.265 e. The van der Waals surface area contributed by atoms with Crippen LogP contribution in [0, 0.1) is 6.92 Å². The molecule has 29 heavy (non-hydrogen) atoms. The zero-order valence-corrected chi connectivity index (χ0v) is 15.8. The first kappa shape index (κ1) is 18.5. The summed E-state index contributed by atoms with van der Waals surface area (Å²) in [4.78, 5) is 27.5. The van der Waals surface area contributed by atoms with Crippen LogP contribution < -0.4 is 20.2 Å². The molecule has 8 heteroatoms. The van der Waals surface area contributed by atoms with Crippen molar-refractivity contribution in [2.24, 2.45) is 5.10 Å². The van der Waals surface area contributed by atoms with E-state index < -0.39 is 17.9 Å². The molecule has 0 spiro atoms. The van der Waals surface area contributed by atoms with Crippen molar-refractivity contribution in [3.63, 3.8) is 0 Å². The van der Waals surface area contributed by atoms with Crippen LogP contribution in [-0.2, 0) is 9.59 Å². The fraction of sp³-hybridized carbons (Fsp3) is 0.190. The summed E-state index contributed by atoms with van der Waals surface area (Å²) in [5.41, 5.74) is 5.27. The average molecular weight is 392 g/mol. The predicted molar refractivity (Wildman–Crippen MR) is 108 cm³/mol. The number of carbonyl (C=O) groups is 2. The number of fused-ring (bicyclic) bond motifs is 2. The summed E-state index contributed by atoms with van der Waals surface area (Å²) in [5, 5.41) is 7.54. The van der Waals surface area contributed by atoms with E-state index in [-0.39, 0.29) is 13.2 Å². The molecule has 0 fully saturated rings. The summed E-state index contributed by atoms with van der Waals surface area (Å²) in [6, 6.07) is 15.0. The first-order chi connectivity index (χ1) is 14.1. The second-order valence-electron chi connectivity index (χ2n) is 6.58. The van der Waals surface area contributed by atoms with Crippen LogP contribution in [0.1, 0.15) is 11.3 Å². The Kier molecular flexibility index (Phi) is 5.15. The Morgan fingerprint density at radius 2 is 1.93 bits per heavy atom. The third kappa shape index (κ3) is 4.06. The third-order valence-electron chi connectivity index (χ3n) is 4.55. The molecule has 3 N–H and O–H groups in total. The van der Waals surface area contributed by atoms with E-state index in [0.717, 1.165) is 22.2 Å². The van der Waals surface area contributed by atoms with E-state index in [9.17, 15) is 9.59 Å². The Morgan fingerprint density at radius 3 is 2.79 bits per heavy atom. The number of nitrogens with one attached hydrogen (secondary N) is 3. The molecule has 0 unspecified atom stereocenters. The topological polar surface area (TPSA) is 105 Å². The number of aromatic nitrogens is 1. The molecular formula is C21H20N4O4. The van der Waals surface area contributed by atoms with Crippen LogP contribution in [0.4, 0.5) is 0 Å². The lowest BCUT2D eigenvalue weighted by Gasteiger charge is -2.25. The van der Waals surface area contributed by atoms with Gasteiger partial charge in [0.15, 0.2) is 11.5 Å². The Morgan fingerprint density at radius 1 is 1.17 bits per heavy atom. The van der Waals surface area contributed by atoms with Gasteiger partial charge in [-0.05, 0) is 25.1 Å². The maximum Gasteiger partial charge on any atom is 0.265 e. The number of ether oxygens (including phenoxy) is 2. The van der Waals surface area contributed by atoms with Gasteiger partial charge >= 0.3 is 0 Å². The first-order valence-electron chi connectivity index (χ1n) is 9.17. The average Bonchev–Trinajstić information content (AvgIpc) is 3.07. The van der Waals surface area contributed by atoms with Gasteiger partial charge in [-0.15, -0.1) is 0 Å². The van der Waals surface area contributed by atoms with Gasteiger partial charge < -0.3 is 19.8 Å². The number of carbonyl (C=O) groups excluding carboxylic acids is 2. The molecule has 0 saturated heterocycles. The molecule has 0 saturated carbocycles. The molecule has 2 amide bonds. The second-order valence-corrected chi connectivity index (χ2v) is 6.58. The minimum absolute atomic E-state index is 0.0858. The number of H-pyrrole nitrogens is 1. The van der Waals surface area contributed by atoms with Crippen LogP contribution in [0.15, 0.2) is 53.6 Å². The Balaban J connectivity index is 1.28. The summed E-state index contributed by atoms with van der Waals surface area (Å²) in [6.07, 6.45) is 0.776. The van der Waals surface area contributed by atoms with Gasteiger partial charge in [-0.1, -0.05) is 30.3 Å². The maximum absolute atomic E-state index is 12.2. The molecule has 2 heterocycles. The molecule has 0 bridgehead atoms. The quantitative estimate of drug-likeness (QED) is 0.455. The fourth-order valence-electron chi connectivity index (χ4n) is 3.10. The SMILES string of the molecule is Cc1[nH]c2ccccc2c1/C=N\NC(=O)CNC(=O)[C@@H]1COc2ccccc2O1. The molecule has 3 aromatic rings. The lowest BCUT2D eigenvalue weighted by atomic mass is 10.1. The van der Waals surface area contributed by atoms with Crippen LogP contribution in [0.3, 0.4) is 0 Å². The van der Waals surface area contributed by atoms with Crippen LogP contribution in [0.5, 0.6) is 11.5 Å². The lowest BCUT2D eigenvalue weighted by Crippen LogP contribution is -2.46. The van der Waals surface area contributed by atoms with Crippen molar-refractivity contribution >= 4 is 28.9 Å². The van der Waals surface area contributed by atoms with Crippen molar-refractivity contribution in [2.75, 3.05) is 13.2 Å². The van der Waals surface area contributed by atoms with Crippen molar-refractivity contribution in [3.8, 4) is 11.5 Å². The summed E-state index contributed by atoms with van der Waals surface area (Å²) in [6.45, 7) is 1.81. The number of amides is 2. The molecule has 1 aliphatic rings. The van der Waals surface area contributed by atoms with E-state index in [1.54, 1.807) is 24.4 Å². The molecule has 2 aromatic carbocycles. The van der Waals surface area contributed by atoms with Gasteiger partial charge in [0.05, 0.1) is 12.8 Å². The van der Waals surface area contributed by atoms with E-state index in [1.807, 2.05) is 37.3 Å². The van der Waals surface area contributed by atoms with Gasteiger partial charge in [-0.2, -0.15) is 5.10 Å². The standard InChI is InChI=1S/C21H20N4O4/c1-13-15(14-6-2-3-7-16(14)24-13)10-23-25-20(26)11-22-21(27)19-12-28-17-8-4-5-9-18(17)29-19/h2-10,19,24H,11-12H2,1H3,(H,22,27)(H,25,26)/b23-10-/t19-/m0/s1. The fourth-order valence-corrected chi connectivity index (χ4v) is 3.10. The van der Waals surface area contributed by atoms with Crippen molar-refractivity contribution in [3.05, 3.63) is 59.8 Å². The summed E-state index contributed by atoms with van der Waals surface area (Å²) in [7, 11) is 0. The highest BCUT2D eigenvalue weighted by atomic mass is 16.6. The highest BCUT2D eigenvalue weighted by molar-refractivity contribution is 6.01. The lowest BCUT2D eigenvalue weighted by molar-refractivity contribution is -0.132. The number of aryl methyl sites for hydroxylation is 1. The van der Waals surface area contributed by atoms with Crippen LogP contribution in [0.2, 0.25) is 0 Å². The molecule has 1 atom stereocenters. The van der Waals surface area contributed by atoms with E-state index in [2.05, 4.69) is 20.8 Å². The van der Waals surface area contributed by atoms with Crippen molar-refractivity contribution in [2.45, 2.75) is 13.0 Å². The van der Waals surface area contributed by atoms with E-state index in [4.69, 9.17) is 9.47 Å². The minimum Gasteiger partial charge on any atom is -0.485 e. The van der Waals surface area contributed by atoms with Crippen molar-refractivity contribution < 1.29 is 19.1 Å². The molecule has 148 valence electrons. The summed E-state index contributed by atoms with van der Waals surface area (Å²) in [5.74, 6) is 0.230. The number of para-hydroxylation sites is 3. The number of rotatable bonds is 5. The van der Waals surface area contributed by atoms with Gasteiger partial charge in [0.25, 0.3) is 11.8 Å². The van der Waals surface area contributed by atoms with E-state index in [1.165, 1.54) is 0 Å². The number of hydrogen-bond acceptors (Lipinski definition) is 5. The van der Waals surface area contributed by atoms with Gasteiger partial charge in [0.1, 0.15) is 6.61 Å². The predicted octanol–water partition coefficient (Wildman–Crippen LogP) is 1.88. The Labute approximate surface area is 166 Å². The van der Waals surface area contributed by atoms with Crippen LogP contribution in [-0.4, -0.2) is 42.3 Å². The van der Waals surface area contributed by atoms with Gasteiger partial charge in [0, 0.05) is 22.2 Å². The minimum atomic E-state index is -0.810. The monoisotopic (exact) mass is 392 g/mol. The van der Waals surface area contributed by atoms with Crippen LogP contribution in [0.25, 0.3) is 10.9 Å². The molecular weight excluding hydrogens is 372 g/mol. The Hall–Kier alpha value is -3.81. The molecule has 0 aliphatic carbocycles. The highest BCUT2D eigenvalue weighted by Crippen LogP contribution is 2.30. The number of benzene rings is 2. The number of nitrogens with zero attached hydrogens (tertiary/aromatic N) is 1. The second kappa shape index (κ2) is 8.05. The zero-order valence-electron chi connectivity index (χ0n) is 15.8. The summed E-state index contributed by atoms with van der Waals surface area (Å²) >= 11 is 0. The number of aromatic amines is 1. The van der Waals surface area contributed by atoms with Crippen molar-refractivity contribution in [1.82, 2.24) is 15.7 Å². The van der Waals surface area contributed by atoms with Crippen molar-refractivity contribution in [1.29, 1.82) is 0 Å². The molecule has 8 nitrogen and oxygen atoms in total. The Bertz CT molecular complexity index is 1090. The third-order valence-corrected chi connectivity index (χ3v) is 4.55. The zero-order chi connectivity index (χ0) is 20.2. The molecule has 0 radical (unpaired) electrons.